The molecule has 2 heterocycles. The van der Waals surface area contributed by atoms with E-state index in [4.69, 9.17) is 0 Å². The van der Waals surface area contributed by atoms with E-state index in [9.17, 15) is 9.59 Å². The van der Waals surface area contributed by atoms with Crippen molar-refractivity contribution in [2.75, 3.05) is 25.0 Å². The number of piperidine rings is 1. The molecule has 2 amide bonds. The summed E-state index contributed by atoms with van der Waals surface area (Å²) < 4.78 is 0. The number of amides is 2. The molecule has 0 saturated carbocycles. The molecule has 0 radical (unpaired) electrons. The van der Waals surface area contributed by atoms with Crippen molar-refractivity contribution in [3.8, 4) is 0 Å². The number of hydrogen-bond acceptors (Lipinski definition) is 3. The number of hydrogen-bond donors (Lipinski definition) is 2. The number of anilines is 1. The third-order valence-corrected chi connectivity index (χ3v) is 8.06. The Balaban J connectivity index is 1.22. The van der Waals surface area contributed by atoms with Crippen molar-refractivity contribution in [3.05, 3.63) is 100.0 Å². The molecule has 6 heteroatoms. The molecular formula is C30H32N3O2S+. The van der Waals surface area contributed by atoms with E-state index in [2.05, 4.69) is 41.7 Å². The van der Waals surface area contributed by atoms with Gasteiger partial charge in [-0.15, -0.1) is 0 Å². The highest BCUT2D eigenvalue weighted by Crippen LogP contribution is 2.42. The lowest BCUT2D eigenvalue weighted by Gasteiger charge is -2.30. The van der Waals surface area contributed by atoms with E-state index in [0.29, 0.717) is 10.5 Å². The van der Waals surface area contributed by atoms with Crippen molar-refractivity contribution in [1.82, 2.24) is 5.32 Å². The molecule has 2 aliphatic heterocycles. The highest BCUT2D eigenvalue weighted by Gasteiger charge is 2.28. The van der Waals surface area contributed by atoms with E-state index in [1.54, 1.807) is 16.8 Å². The van der Waals surface area contributed by atoms with E-state index in [1.165, 1.54) is 17.3 Å². The number of benzene rings is 3. The molecular weight excluding hydrogens is 466 g/mol. The van der Waals surface area contributed by atoms with Crippen LogP contribution in [0.5, 0.6) is 0 Å². The third-order valence-electron chi connectivity index (χ3n) is 6.98. The predicted octanol–water partition coefficient (Wildman–Crippen LogP) is 4.08. The van der Waals surface area contributed by atoms with Crippen LogP contribution in [0.25, 0.3) is 6.08 Å². The summed E-state index contributed by atoms with van der Waals surface area (Å²) in [5, 5.41) is 3.23. The maximum absolute atomic E-state index is 13.1. The van der Waals surface area contributed by atoms with Crippen molar-refractivity contribution in [1.29, 1.82) is 0 Å². The zero-order valence-electron chi connectivity index (χ0n) is 20.8. The van der Waals surface area contributed by atoms with Crippen LogP contribution in [0.1, 0.15) is 39.9 Å². The quantitative estimate of drug-likeness (QED) is 0.521. The molecule has 184 valence electrons. The molecule has 1 fully saturated rings. The van der Waals surface area contributed by atoms with Crippen molar-refractivity contribution >= 4 is 35.3 Å². The summed E-state index contributed by atoms with van der Waals surface area (Å²) in [7, 11) is 1.78. The van der Waals surface area contributed by atoms with E-state index >= 15 is 0 Å². The van der Waals surface area contributed by atoms with E-state index in [1.807, 2.05) is 49.4 Å². The van der Waals surface area contributed by atoms with E-state index < -0.39 is 0 Å². The summed E-state index contributed by atoms with van der Waals surface area (Å²) in [6.45, 7) is 5.17. The van der Waals surface area contributed by atoms with Crippen LogP contribution < -0.4 is 15.1 Å². The van der Waals surface area contributed by atoms with Gasteiger partial charge >= 0.3 is 0 Å². The van der Waals surface area contributed by atoms with Gasteiger partial charge < -0.3 is 15.1 Å². The number of fused-ring (bicyclic) bond motifs is 1. The maximum atomic E-state index is 13.1. The Morgan fingerprint density at radius 1 is 1.06 bits per heavy atom. The molecule has 5 nitrogen and oxygen atoms in total. The summed E-state index contributed by atoms with van der Waals surface area (Å²) >= 11 is 1.46. The summed E-state index contributed by atoms with van der Waals surface area (Å²) in [5.74, 6) is -0.124. The van der Waals surface area contributed by atoms with Crippen LogP contribution in [-0.4, -0.2) is 38.0 Å². The Hall–Kier alpha value is -3.35. The van der Waals surface area contributed by atoms with Crippen molar-refractivity contribution < 1.29 is 14.5 Å². The summed E-state index contributed by atoms with van der Waals surface area (Å²) in [6, 6.07) is 24.5. The second kappa shape index (κ2) is 10.7. The lowest BCUT2D eigenvalue weighted by molar-refractivity contribution is -0.918. The largest absolute Gasteiger partial charge is 0.349 e. The minimum Gasteiger partial charge on any atom is -0.349 e. The van der Waals surface area contributed by atoms with Gasteiger partial charge in [0, 0.05) is 42.0 Å². The van der Waals surface area contributed by atoms with Gasteiger partial charge in [0.2, 0.25) is 0 Å². The molecule has 1 saturated heterocycles. The summed E-state index contributed by atoms with van der Waals surface area (Å²) in [6.07, 6.45) is 3.88. The predicted molar refractivity (Wildman–Crippen MR) is 146 cm³/mol. The van der Waals surface area contributed by atoms with Crippen molar-refractivity contribution in [2.24, 2.45) is 0 Å². The summed E-state index contributed by atoms with van der Waals surface area (Å²) in [5.41, 5.74) is 4.90. The first kappa shape index (κ1) is 24.3. The zero-order chi connectivity index (χ0) is 25.1. The van der Waals surface area contributed by atoms with Crippen molar-refractivity contribution in [3.63, 3.8) is 0 Å². The van der Waals surface area contributed by atoms with E-state index in [-0.39, 0.29) is 17.9 Å². The molecule has 3 aromatic carbocycles. The molecule has 0 atom stereocenters. The van der Waals surface area contributed by atoms with Gasteiger partial charge in [-0.1, -0.05) is 71.9 Å². The molecule has 0 aliphatic carbocycles. The fourth-order valence-corrected chi connectivity index (χ4v) is 6.04. The number of carbonyl (C=O) groups excluding carboxylic acids is 2. The van der Waals surface area contributed by atoms with Crippen LogP contribution in [0.2, 0.25) is 0 Å². The Morgan fingerprint density at radius 3 is 2.58 bits per heavy atom. The number of thioether (sulfide) groups is 1. The lowest BCUT2D eigenvalue weighted by atomic mass is 10.0. The molecule has 0 spiro atoms. The second-order valence-corrected chi connectivity index (χ2v) is 10.8. The van der Waals surface area contributed by atoms with E-state index in [0.717, 1.165) is 54.2 Å². The van der Waals surface area contributed by atoms with Gasteiger partial charge in [-0.2, -0.15) is 0 Å². The van der Waals surface area contributed by atoms with Gasteiger partial charge in [0.15, 0.2) is 0 Å². The van der Waals surface area contributed by atoms with Crippen molar-refractivity contribution in [2.45, 2.75) is 37.2 Å². The van der Waals surface area contributed by atoms with Gasteiger partial charge in [0.25, 0.3) is 11.8 Å². The number of rotatable bonds is 5. The Bertz CT molecular complexity index is 1300. The number of nitrogens with one attached hydrogen (secondary N) is 2. The standard InChI is InChI=1S/C30H31N3O2S/c1-21-7-6-10-23(17-21)18-28-30(35)32(2)26-19-24(11-12-27(26)36-28)29(34)31-25-13-15-33(16-14-25)20-22-8-4-3-5-9-22/h3-12,17-19,25H,13-16,20H2,1-2H3,(H,31,34)/p+1. The SMILES string of the molecule is Cc1cccc(C=C2Sc3ccc(C(=O)NC4CC[NH+](Cc5ccccc5)CC4)cc3N(C)C2=O)c1. The minimum absolute atomic E-state index is 0.0553. The molecule has 2 N–H and O–H groups in total. The molecule has 2 aliphatic rings. The first-order valence-electron chi connectivity index (χ1n) is 12.5. The second-order valence-electron chi connectivity index (χ2n) is 9.73. The Labute approximate surface area is 217 Å². The Morgan fingerprint density at radius 2 is 1.83 bits per heavy atom. The molecule has 36 heavy (non-hydrogen) atoms. The normalized spacial score (nSPS) is 20.8. The maximum Gasteiger partial charge on any atom is 0.264 e. The zero-order valence-corrected chi connectivity index (χ0v) is 21.6. The molecule has 0 unspecified atom stereocenters. The number of likely N-dealkylation sites (N-methyl/N-ethyl adjacent to an activating group) is 1. The first-order valence-corrected chi connectivity index (χ1v) is 13.3. The van der Waals surface area contributed by atoms with Crippen LogP contribution in [0.3, 0.4) is 0 Å². The van der Waals surface area contributed by atoms with Crippen LogP contribution in [0.15, 0.2) is 82.6 Å². The van der Waals surface area contributed by atoms with Crippen LogP contribution in [0.4, 0.5) is 5.69 Å². The monoisotopic (exact) mass is 498 g/mol. The smallest absolute Gasteiger partial charge is 0.264 e. The number of nitrogens with zero attached hydrogens (tertiary/aromatic N) is 1. The van der Waals surface area contributed by atoms with Gasteiger partial charge in [-0.3, -0.25) is 9.59 Å². The first-order chi connectivity index (χ1) is 17.5. The number of aryl methyl sites for hydroxylation is 1. The minimum atomic E-state index is -0.0683. The highest BCUT2D eigenvalue weighted by atomic mass is 32.2. The molecule has 0 bridgehead atoms. The summed E-state index contributed by atoms with van der Waals surface area (Å²) in [4.78, 5) is 31.0. The van der Waals surface area contributed by atoms with Gasteiger partial charge in [0.05, 0.1) is 23.7 Å². The average molecular weight is 499 g/mol. The number of quaternary nitrogens is 1. The highest BCUT2D eigenvalue weighted by molar-refractivity contribution is 8.04. The topological polar surface area (TPSA) is 53.9 Å². The number of carbonyl (C=O) groups is 2. The van der Waals surface area contributed by atoms with Gasteiger partial charge in [-0.25, -0.2) is 0 Å². The molecule has 0 aromatic heterocycles. The molecule has 5 rings (SSSR count). The lowest BCUT2D eigenvalue weighted by Crippen LogP contribution is -3.12. The molecule has 3 aromatic rings. The van der Waals surface area contributed by atoms with Gasteiger partial charge in [0.1, 0.15) is 6.54 Å². The number of likely N-dealkylation sites (tertiary alicyclic amines) is 1. The average Bonchev–Trinajstić information content (AvgIpc) is 2.89. The van der Waals surface area contributed by atoms with Crippen LogP contribution >= 0.6 is 11.8 Å². The van der Waals surface area contributed by atoms with Crippen LogP contribution in [0, 0.1) is 6.92 Å². The fourth-order valence-electron chi connectivity index (χ4n) is 4.95. The third kappa shape index (κ3) is 5.55. The van der Waals surface area contributed by atoms with Crippen LogP contribution in [-0.2, 0) is 11.3 Å². The Kier molecular flexibility index (Phi) is 7.25. The van der Waals surface area contributed by atoms with Gasteiger partial charge in [-0.05, 0) is 36.8 Å². The fraction of sp³-hybridized carbons (Fsp3) is 0.267.